The highest BCUT2D eigenvalue weighted by Crippen LogP contribution is 2.25. The number of hydrogen-bond acceptors (Lipinski definition) is 7. The Balaban J connectivity index is 1.66. The minimum absolute atomic E-state index is 0.0141. The first kappa shape index (κ1) is 21.6. The van der Waals surface area contributed by atoms with E-state index >= 15 is 0 Å². The first-order valence-corrected chi connectivity index (χ1v) is 10.1. The van der Waals surface area contributed by atoms with E-state index in [4.69, 9.17) is 4.74 Å². The topological polar surface area (TPSA) is 124 Å². The highest BCUT2D eigenvalue weighted by atomic mass is 19.1. The van der Waals surface area contributed by atoms with Crippen LogP contribution in [-0.4, -0.2) is 48.8 Å². The van der Waals surface area contributed by atoms with Gasteiger partial charge in [0.15, 0.2) is 5.69 Å². The summed E-state index contributed by atoms with van der Waals surface area (Å²) in [6, 6.07) is 4.08. The number of ether oxygens (including phenoxy) is 1. The lowest BCUT2D eigenvalue weighted by Crippen LogP contribution is -2.36. The van der Waals surface area contributed by atoms with E-state index in [1.807, 2.05) is 13.8 Å². The maximum absolute atomic E-state index is 13.9. The van der Waals surface area contributed by atoms with Crippen molar-refractivity contribution >= 4 is 5.91 Å². The number of fused-ring (bicyclic) bond motifs is 1. The molecule has 168 valence electrons. The molecule has 1 aromatic carbocycles. The Bertz CT molecular complexity index is 1250. The van der Waals surface area contributed by atoms with Gasteiger partial charge in [0.2, 0.25) is 5.75 Å². The van der Waals surface area contributed by atoms with Crippen LogP contribution in [0, 0.1) is 12.7 Å². The zero-order valence-electron chi connectivity index (χ0n) is 17.9. The lowest BCUT2D eigenvalue weighted by molar-refractivity contribution is 0.0939. The van der Waals surface area contributed by atoms with E-state index in [2.05, 4.69) is 20.6 Å². The largest absolute Gasteiger partial charge is 0.501 e. The van der Waals surface area contributed by atoms with Crippen molar-refractivity contribution in [3.05, 3.63) is 63.3 Å². The Labute approximate surface area is 182 Å². The van der Waals surface area contributed by atoms with Crippen LogP contribution in [0.25, 0.3) is 5.69 Å². The van der Waals surface area contributed by atoms with Gasteiger partial charge in [0.05, 0.1) is 37.3 Å². The molecule has 3 heterocycles. The monoisotopic (exact) mass is 442 g/mol. The van der Waals surface area contributed by atoms with E-state index in [0.29, 0.717) is 36.0 Å². The molecule has 0 unspecified atom stereocenters. The number of carbonyl (C=O) groups excluding carboxylic acids is 1. The van der Waals surface area contributed by atoms with Crippen molar-refractivity contribution in [3.8, 4) is 11.4 Å². The molecule has 1 aliphatic heterocycles. The second kappa shape index (κ2) is 8.15. The predicted octanol–water partition coefficient (Wildman–Crippen LogP) is 1.21. The van der Waals surface area contributed by atoms with Gasteiger partial charge in [-0.3, -0.25) is 14.2 Å². The van der Waals surface area contributed by atoms with Gasteiger partial charge in [-0.05, 0) is 24.6 Å². The number of hydrogen-bond donors (Lipinski definition) is 2. The standard InChI is InChI=1S/C21H23FN6O4/c1-12-9-24-26-28(12)15-8-14(22)5-4-13(15)10-23-18(30)16-17(29)19(31)27-6-7-32-11-21(2,3)20(27)25-16/h4-5,8-9,29H,6-7,10-11H2,1-3H3,(H,23,30). The summed E-state index contributed by atoms with van der Waals surface area (Å²) in [5.74, 6) is -1.55. The molecule has 32 heavy (non-hydrogen) atoms. The fourth-order valence-corrected chi connectivity index (χ4v) is 3.64. The molecular weight excluding hydrogens is 419 g/mol. The van der Waals surface area contributed by atoms with Crippen molar-refractivity contribution in [2.75, 3.05) is 13.2 Å². The van der Waals surface area contributed by atoms with Crippen LogP contribution in [0.15, 0.2) is 29.2 Å². The Morgan fingerprint density at radius 3 is 2.88 bits per heavy atom. The smallest absolute Gasteiger partial charge is 0.296 e. The maximum Gasteiger partial charge on any atom is 0.296 e. The van der Waals surface area contributed by atoms with Crippen molar-refractivity contribution < 1.29 is 19.0 Å². The Morgan fingerprint density at radius 2 is 2.16 bits per heavy atom. The number of halogens is 1. The molecular formula is C21H23FN6O4. The normalized spacial score (nSPS) is 15.1. The fraction of sp³-hybridized carbons (Fsp3) is 0.381. The van der Waals surface area contributed by atoms with Gasteiger partial charge in [-0.15, -0.1) is 5.10 Å². The van der Waals surface area contributed by atoms with E-state index in [9.17, 15) is 19.1 Å². The van der Waals surface area contributed by atoms with Crippen LogP contribution >= 0.6 is 0 Å². The summed E-state index contributed by atoms with van der Waals surface area (Å²) in [4.78, 5) is 29.9. The highest BCUT2D eigenvalue weighted by Gasteiger charge is 2.32. The molecule has 3 aromatic rings. The van der Waals surface area contributed by atoms with Crippen molar-refractivity contribution in [1.82, 2.24) is 29.9 Å². The number of benzene rings is 1. The van der Waals surface area contributed by atoms with Crippen LogP contribution in [0.2, 0.25) is 0 Å². The van der Waals surface area contributed by atoms with Gasteiger partial charge in [0.1, 0.15) is 11.6 Å². The average molecular weight is 442 g/mol. The summed E-state index contributed by atoms with van der Waals surface area (Å²) in [7, 11) is 0. The molecule has 0 saturated carbocycles. The van der Waals surface area contributed by atoms with Gasteiger partial charge in [0, 0.05) is 12.0 Å². The molecule has 0 atom stereocenters. The van der Waals surface area contributed by atoms with Gasteiger partial charge in [0.25, 0.3) is 11.5 Å². The zero-order chi connectivity index (χ0) is 23.0. The first-order valence-electron chi connectivity index (χ1n) is 10.1. The first-order chi connectivity index (χ1) is 15.2. The number of nitrogens with one attached hydrogen (secondary N) is 1. The Morgan fingerprint density at radius 1 is 1.38 bits per heavy atom. The minimum Gasteiger partial charge on any atom is -0.501 e. The summed E-state index contributed by atoms with van der Waals surface area (Å²) in [6.45, 7) is 6.31. The fourth-order valence-electron chi connectivity index (χ4n) is 3.64. The lowest BCUT2D eigenvalue weighted by Gasteiger charge is -2.24. The van der Waals surface area contributed by atoms with Gasteiger partial charge >= 0.3 is 0 Å². The number of rotatable bonds is 4. The van der Waals surface area contributed by atoms with E-state index in [1.165, 1.54) is 33.6 Å². The quantitative estimate of drug-likeness (QED) is 0.622. The highest BCUT2D eigenvalue weighted by molar-refractivity contribution is 5.94. The average Bonchev–Trinajstić information content (AvgIpc) is 3.11. The molecule has 2 N–H and O–H groups in total. The second-order valence-electron chi connectivity index (χ2n) is 8.27. The van der Waals surface area contributed by atoms with Crippen LogP contribution < -0.4 is 10.9 Å². The van der Waals surface area contributed by atoms with Crippen LogP contribution in [0.3, 0.4) is 0 Å². The summed E-state index contributed by atoms with van der Waals surface area (Å²) in [5.41, 5.74) is -0.0274. The molecule has 2 aromatic heterocycles. The van der Waals surface area contributed by atoms with Crippen LogP contribution in [0.5, 0.6) is 5.75 Å². The molecule has 1 aliphatic rings. The summed E-state index contributed by atoms with van der Waals surface area (Å²) < 4.78 is 22.2. The molecule has 11 heteroatoms. The Hall–Kier alpha value is -3.60. The third-order valence-corrected chi connectivity index (χ3v) is 5.32. The van der Waals surface area contributed by atoms with E-state index in [1.54, 1.807) is 6.92 Å². The summed E-state index contributed by atoms with van der Waals surface area (Å²) in [5, 5.41) is 20.8. The van der Waals surface area contributed by atoms with E-state index < -0.39 is 28.4 Å². The molecule has 0 bridgehead atoms. The van der Waals surface area contributed by atoms with Crippen molar-refractivity contribution in [2.45, 2.75) is 39.3 Å². The van der Waals surface area contributed by atoms with Crippen LogP contribution in [-0.2, 0) is 23.2 Å². The number of aryl methyl sites for hydroxylation is 1. The third-order valence-electron chi connectivity index (χ3n) is 5.32. The molecule has 4 rings (SSSR count). The minimum atomic E-state index is -0.727. The molecule has 0 fully saturated rings. The molecule has 0 saturated heterocycles. The molecule has 1 amide bonds. The number of carbonyl (C=O) groups is 1. The van der Waals surface area contributed by atoms with Gasteiger partial charge in [-0.2, -0.15) is 0 Å². The van der Waals surface area contributed by atoms with Gasteiger partial charge in [-0.25, -0.2) is 14.1 Å². The second-order valence-corrected chi connectivity index (χ2v) is 8.27. The molecule has 0 radical (unpaired) electrons. The summed E-state index contributed by atoms with van der Waals surface area (Å²) in [6.07, 6.45) is 1.53. The number of aromatic hydroxyl groups is 1. The maximum atomic E-state index is 13.9. The molecule has 0 aliphatic carbocycles. The third kappa shape index (κ3) is 3.86. The van der Waals surface area contributed by atoms with Gasteiger partial charge < -0.3 is 15.2 Å². The van der Waals surface area contributed by atoms with E-state index in [0.717, 1.165) is 0 Å². The van der Waals surface area contributed by atoms with E-state index in [-0.39, 0.29) is 18.8 Å². The van der Waals surface area contributed by atoms with Crippen LogP contribution in [0.4, 0.5) is 4.39 Å². The Kier molecular flexibility index (Phi) is 5.51. The molecule has 0 spiro atoms. The molecule has 10 nitrogen and oxygen atoms in total. The zero-order valence-corrected chi connectivity index (χ0v) is 17.9. The number of amides is 1. The van der Waals surface area contributed by atoms with Crippen molar-refractivity contribution in [1.29, 1.82) is 0 Å². The number of nitrogens with zero attached hydrogens (tertiary/aromatic N) is 5. The van der Waals surface area contributed by atoms with Gasteiger partial charge in [-0.1, -0.05) is 25.1 Å². The van der Waals surface area contributed by atoms with Crippen LogP contribution in [0.1, 0.15) is 41.4 Å². The van der Waals surface area contributed by atoms with Crippen molar-refractivity contribution in [2.24, 2.45) is 0 Å². The number of aromatic nitrogens is 5. The van der Waals surface area contributed by atoms with Crippen molar-refractivity contribution in [3.63, 3.8) is 0 Å². The lowest BCUT2D eigenvalue weighted by atomic mass is 9.93. The predicted molar refractivity (Wildman–Crippen MR) is 111 cm³/mol. The summed E-state index contributed by atoms with van der Waals surface area (Å²) >= 11 is 0. The SMILES string of the molecule is Cc1cnnn1-c1cc(F)ccc1CNC(=O)c1nc2n(c(=O)c1O)CCOCC2(C)C.